The molecule has 0 amide bonds. The predicted octanol–water partition coefficient (Wildman–Crippen LogP) is 8.60. The van der Waals surface area contributed by atoms with Crippen LogP contribution in [0.15, 0.2) is 35.5 Å². The van der Waals surface area contributed by atoms with Gasteiger partial charge in [0, 0.05) is 0 Å². The van der Waals surface area contributed by atoms with Crippen LogP contribution in [0.4, 0.5) is 26.3 Å². The molecule has 3 rings (SSSR count). The molecule has 7 heteroatoms. The van der Waals surface area contributed by atoms with Crippen molar-refractivity contribution in [2.24, 2.45) is 17.3 Å². The third kappa shape index (κ3) is 5.38. The molecule has 1 N–H and O–H groups in total. The Kier molecular flexibility index (Phi) is 7.82. The topological polar surface area (TPSA) is 20.2 Å². The van der Waals surface area contributed by atoms with Crippen molar-refractivity contribution in [3.8, 4) is 0 Å². The highest BCUT2D eigenvalue weighted by Gasteiger charge is 2.69. The molecular formula is C26H36F6O. The smallest absolute Gasteiger partial charge is 0.374 e. The molecule has 3 saturated carbocycles. The van der Waals surface area contributed by atoms with Gasteiger partial charge in [0.05, 0.1) is 0 Å². The lowest BCUT2D eigenvalue weighted by molar-refractivity contribution is -0.370. The largest absolute Gasteiger partial charge is 0.426 e. The summed E-state index contributed by atoms with van der Waals surface area (Å²) in [7, 11) is 0. The van der Waals surface area contributed by atoms with Crippen LogP contribution in [0.25, 0.3) is 0 Å². The molecule has 1 nitrogen and oxygen atoms in total. The maximum absolute atomic E-state index is 12.9. The summed E-state index contributed by atoms with van der Waals surface area (Å²) in [5, 5.41) is 9.37. The summed E-state index contributed by atoms with van der Waals surface area (Å²) >= 11 is 0. The van der Waals surface area contributed by atoms with Crippen molar-refractivity contribution in [1.29, 1.82) is 0 Å². The fourth-order valence-electron chi connectivity index (χ4n) is 6.44. The first-order chi connectivity index (χ1) is 15.3. The van der Waals surface area contributed by atoms with Gasteiger partial charge >= 0.3 is 12.4 Å². The number of fused-ring (bicyclic) bond motifs is 1. The number of rotatable bonds is 6. The van der Waals surface area contributed by atoms with E-state index in [-0.39, 0.29) is 24.2 Å². The Balaban J connectivity index is 1.61. The Labute approximate surface area is 193 Å². The number of allylic oxidation sites excluding steroid dienone is 5. The van der Waals surface area contributed by atoms with Crippen molar-refractivity contribution in [3.05, 3.63) is 35.5 Å². The van der Waals surface area contributed by atoms with Crippen molar-refractivity contribution < 1.29 is 31.4 Å². The Morgan fingerprint density at radius 2 is 1.61 bits per heavy atom. The van der Waals surface area contributed by atoms with E-state index < -0.39 is 24.4 Å². The van der Waals surface area contributed by atoms with Gasteiger partial charge in [-0.15, -0.1) is 0 Å². The first kappa shape index (κ1) is 26.4. The summed E-state index contributed by atoms with van der Waals surface area (Å²) in [6, 6.07) is 0. The van der Waals surface area contributed by atoms with E-state index >= 15 is 0 Å². The van der Waals surface area contributed by atoms with E-state index in [1.54, 1.807) is 0 Å². The Morgan fingerprint density at radius 1 is 0.939 bits per heavy atom. The molecule has 0 aromatic heterocycles. The van der Waals surface area contributed by atoms with E-state index in [9.17, 15) is 31.4 Å². The average molecular weight is 479 g/mol. The summed E-state index contributed by atoms with van der Waals surface area (Å²) in [6.07, 6.45) is 1.87. The van der Waals surface area contributed by atoms with Gasteiger partial charge in [-0.05, 0) is 99.9 Å². The zero-order valence-electron chi connectivity index (χ0n) is 19.4. The summed E-state index contributed by atoms with van der Waals surface area (Å²) in [4.78, 5) is 0. The molecule has 188 valence electrons. The molecular weight excluding hydrogens is 442 g/mol. The van der Waals surface area contributed by atoms with Gasteiger partial charge in [0.25, 0.3) is 5.60 Å². The molecule has 0 aromatic carbocycles. The van der Waals surface area contributed by atoms with Crippen LogP contribution < -0.4 is 0 Å². The van der Waals surface area contributed by atoms with E-state index in [2.05, 4.69) is 25.7 Å². The van der Waals surface area contributed by atoms with Crippen molar-refractivity contribution in [2.75, 3.05) is 0 Å². The number of unbranched alkanes of at least 4 members (excludes halogenated alkanes) is 1. The quantitative estimate of drug-likeness (QED) is 0.299. The summed E-state index contributed by atoms with van der Waals surface area (Å²) in [5.74, 6) is 0.709. The minimum atomic E-state index is -5.73. The van der Waals surface area contributed by atoms with Crippen molar-refractivity contribution >= 4 is 0 Å². The van der Waals surface area contributed by atoms with Crippen molar-refractivity contribution in [1.82, 2.24) is 0 Å². The van der Waals surface area contributed by atoms with Crippen LogP contribution in [0.3, 0.4) is 0 Å². The fraction of sp³-hybridized carbons (Fsp3) is 0.769. The normalized spacial score (nSPS) is 31.9. The Bertz CT molecular complexity index is 761. The van der Waals surface area contributed by atoms with Crippen LogP contribution in [0.5, 0.6) is 0 Å². The molecule has 3 aliphatic carbocycles. The lowest BCUT2D eigenvalue weighted by Gasteiger charge is -2.42. The number of hydrogen-bond acceptors (Lipinski definition) is 1. The third-order valence-corrected chi connectivity index (χ3v) is 8.57. The predicted molar refractivity (Wildman–Crippen MR) is 117 cm³/mol. The van der Waals surface area contributed by atoms with Gasteiger partial charge in [-0.2, -0.15) is 26.3 Å². The maximum Gasteiger partial charge on any atom is 0.426 e. The second-order valence-electron chi connectivity index (χ2n) is 10.5. The molecule has 33 heavy (non-hydrogen) atoms. The molecule has 0 spiro atoms. The molecule has 0 aromatic rings. The summed E-state index contributed by atoms with van der Waals surface area (Å²) in [6.45, 7) is 6.43. The van der Waals surface area contributed by atoms with Crippen molar-refractivity contribution in [2.45, 2.75) is 108 Å². The SMILES string of the molecule is C=C1CCCC/C1=C/C=C1\CCCC2(C)C(CCCCC(O)(C(F)(F)F)C(F)(F)F)CCC12. The van der Waals surface area contributed by atoms with E-state index in [1.165, 1.54) is 29.6 Å². The second-order valence-corrected chi connectivity index (χ2v) is 10.5. The zero-order valence-corrected chi connectivity index (χ0v) is 19.4. The molecule has 0 aliphatic heterocycles. The van der Waals surface area contributed by atoms with Gasteiger partial charge in [0.1, 0.15) is 0 Å². The Morgan fingerprint density at radius 3 is 2.24 bits per heavy atom. The number of hydrogen-bond donors (Lipinski definition) is 1. The number of alkyl halides is 6. The highest BCUT2D eigenvalue weighted by molar-refractivity contribution is 5.35. The van der Waals surface area contributed by atoms with Crippen molar-refractivity contribution in [3.63, 3.8) is 0 Å². The highest BCUT2D eigenvalue weighted by Crippen LogP contribution is 2.59. The van der Waals surface area contributed by atoms with Crippen LogP contribution in [-0.4, -0.2) is 23.1 Å². The molecule has 0 heterocycles. The summed E-state index contributed by atoms with van der Waals surface area (Å²) in [5.41, 5.74) is -0.604. The third-order valence-electron chi connectivity index (χ3n) is 8.57. The molecule has 0 radical (unpaired) electrons. The molecule has 0 saturated heterocycles. The average Bonchev–Trinajstić information content (AvgIpc) is 3.05. The van der Waals surface area contributed by atoms with Gasteiger partial charge in [-0.1, -0.05) is 43.2 Å². The first-order valence-electron chi connectivity index (χ1n) is 12.2. The fourth-order valence-corrected chi connectivity index (χ4v) is 6.44. The van der Waals surface area contributed by atoms with Gasteiger partial charge in [0.2, 0.25) is 0 Å². The van der Waals surface area contributed by atoms with Gasteiger partial charge in [0.15, 0.2) is 0 Å². The monoisotopic (exact) mass is 478 g/mol. The maximum atomic E-state index is 12.9. The van der Waals surface area contributed by atoms with Crippen LogP contribution in [-0.2, 0) is 0 Å². The van der Waals surface area contributed by atoms with Crippen LogP contribution >= 0.6 is 0 Å². The highest BCUT2D eigenvalue weighted by atomic mass is 19.4. The lowest BCUT2D eigenvalue weighted by Crippen LogP contribution is -2.56. The van der Waals surface area contributed by atoms with E-state index in [0.29, 0.717) is 12.3 Å². The minimum Gasteiger partial charge on any atom is -0.374 e. The Hall–Kier alpha value is -1.24. The molecule has 3 aliphatic rings. The van der Waals surface area contributed by atoms with Gasteiger partial charge < -0.3 is 5.11 Å². The standard InChI is InChI=1S/C26H36F6O/c1-18-8-3-4-9-19(18)12-13-20-10-7-16-23(2)21(14-15-22(20)23)11-5-6-17-24(33,25(27,28)29)26(30,31)32/h12-13,21-22,33H,1,3-11,14-17H2,2H3/b19-12-,20-13+. The number of halogens is 6. The lowest BCUT2D eigenvalue weighted by atomic mass is 9.62. The molecule has 3 atom stereocenters. The second kappa shape index (κ2) is 9.79. The first-order valence-corrected chi connectivity index (χ1v) is 12.2. The zero-order chi connectivity index (χ0) is 24.5. The summed E-state index contributed by atoms with van der Waals surface area (Å²) < 4.78 is 77.4. The van der Waals surface area contributed by atoms with E-state index in [1.807, 2.05) is 0 Å². The number of aliphatic hydroxyl groups is 1. The van der Waals surface area contributed by atoms with Crippen LogP contribution in [0, 0.1) is 17.3 Å². The minimum absolute atomic E-state index is 0.0382. The van der Waals surface area contributed by atoms with Crippen LogP contribution in [0.2, 0.25) is 0 Å². The molecule has 0 bridgehead atoms. The van der Waals surface area contributed by atoms with Gasteiger partial charge in [-0.25, -0.2) is 0 Å². The molecule has 3 fully saturated rings. The molecule has 3 unspecified atom stereocenters. The van der Waals surface area contributed by atoms with E-state index in [0.717, 1.165) is 44.9 Å². The van der Waals surface area contributed by atoms with E-state index in [4.69, 9.17) is 0 Å². The van der Waals surface area contributed by atoms with Crippen LogP contribution in [0.1, 0.15) is 90.4 Å². The van der Waals surface area contributed by atoms with Gasteiger partial charge in [-0.3, -0.25) is 0 Å².